The van der Waals surface area contributed by atoms with Crippen molar-refractivity contribution in [2.45, 2.75) is 18.9 Å². The van der Waals surface area contributed by atoms with Crippen molar-refractivity contribution in [1.29, 1.82) is 0 Å². The van der Waals surface area contributed by atoms with Crippen LogP contribution in [0.25, 0.3) is 0 Å². The van der Waals surface area contributed by atoms with Gasteiger partial charge in [0, 0.05) is 22.9 Å². The lowest BCUT2D eigenvalue weighted by Gasteiger charge is -2.10. The number of hydrogen-bond acceptors (Lipinski definition) is 2. The highest BCUT2D eigenvalue weighted by atomic mass is 79.9. The minimum absolute atomic E-state index is 0. The first-order chi connectivity index (χ1) is 11.8. The van der Waals surface area contributed by atoms with Gasteiger partial charge < -0.3 is 27.2 Å². The highest BCUT2D eigenvalue weighted by Gasteiger charge is 2.18. The van der Waals surface area contributed by atoms with E-state index in [0.717, 1.165) is 28.1 Å². The Morgan fingerprint density at radius 2 is 1.68 bits per heavy atom. The summed E-state index contributed by atoms with van der Waals surface area (Å²) in [6.45, 7) is 2.37. The summed E-state index contributed by atoms with van der Waals surface area (Å²) in [4.78, 5) is 0. The van der Waals surface area contributed by atoms with Crippen molar-refractivity contribution in [3.05, 3.63) is 58.6 Å². The molecule has 0 radical (unpaired) electrons. The van der Waals surface area contributed by atoms with Crippen LogP contribution in [0, 0.1) is 11.8 Å². The van der Waals surface area contributed by atoms with E-state index in [0.29, 0.717) is 12.6 Å². The van der Waals surface area contributed by atoms with E-state index >= 15 is 0 Å². The van der Waals surface area contributed by atoms with E-state index in [1.807, 2.05) is 48.5 Å². The first-order valence-electron chi connectivity index (χ1n) is 8.23. The number of rotatable bonds is 5. The third-order valence-electron chi connectivity index (χ3n) is 3.95. The Hall–Kier alpha value is -1.67. The number of benzene rings is 2. The molecule has 3 rings (SSSR count). The quantitative estimate of drug-likeness (QED) is 0.688. The monoisotopic (exact) mass is 421 g/mol. The SMILES string of the molecule is Brc1ccc(C#CCOc2ccc(OC[C@H]3CCC[NH2+]3)cc2)cc1.[Cl-]. The van der Waals surface area contributed by atoms with Gasteiger partial charge in [0.25, 0.3) is 0 Å². The first-order valence-corrected chi connectivity index (χ1v) is 9.02. The molecule has 3 nitrogen and oxygen atoms in total. The molecule has 1 fully saturated rings. The van der Waals surface area contributed by atoms with Gasteiger partial charge in [0.05, 0.1) is 6.54 Å². The zero-order chi connectivity index (χ0) is 16.6. The van der Waals surface area contributed by atoms with E-state index in [9.17, 15) is 0 Å². The van der Waals surface area contributed by atoms with Crippen LogP contribution < -0.4 is 27.2 Å². The van der Waals surface area contributed by atoms with Crippen LogP contribution in [0.2, 0.25) is 0 Å². The van der Waals surface area contributed by atoms with Gasteiger partial charge in [-0.25, -0.2) is 0 Å². The molecular formula is C20H21BrClNO2. The number of halogens is 2. The maximum absolute atomic E-state index is 5.82. The Morgan fingerprint density at radius 3 is 2.32 bits per heavy atom. The van der Waals surface area contributed by atoms with Gasteiger partial charge >= 0.3 is 0 Å². The summed E-state index contributed by atoms with van der Waals surface area (Å²) in [5, 5.41) is 2.36. The second-order valence-electron chi connectivity index (χ2n) is 5.81. The molecule has 25 heavy (non-hydrogen) atoms. The van der Waals surface area contributed by atoms with Crippen LogP contribution in [0.15, 0.2) is 53.0 Å². The average Bonchev–Trinajstić information content (AvgIpc) is 3.13. The predicted octanol–water partition coefficient (Wildman–Crippen LogP) is -0.0118. The Kier molecular flexibility index (Phi) is 8.14. The summed E-state index contributed by atoms with van der Waals surface area (Å²) in [6, 6.07) is 16.3. The summed E-state index contributed by atoms with van der Waals surface area (Å²) in [5.74, 6) is 7.80. The lowest BCUT2D eigenvalue weighted by molar-refractivity contribution is -0.670. The maximum Gasteiger partial charge on any atom is 0.149 e. The molecule has 1 aliphatic rings. The van der Waals surface area contributed by atoms with Crippen molar-refractivity contribution in [2.24, 2.45) is 0 Å². The van der Waals surface area contributed by atoms with E-state index in [-0.39, 0.29) is 12.4 Å². The van der Waals surface area contributed by atoms with E-state index in [4.69, 9.17) is 9.47 Å². The lowest BCUT2D eigenvalue weighted by Crippen LogP contribution is -3.00. The molecule has 0 aromatic heterocycles. The molecule has 0 aliphatic carbocycles. The molecule has 2 N–H and O–H groups in total. The number of quaternary nitrogens is 1. The molecule has 1 heterocycles. The molecule has 0 saturated carbocycles. The zero-order valence-electron chi connectivity index (χ0n) is 13.9. The minimum atomic E-state index is 0. The average molecular weight is 423 g/mol. The molecule has 0 bridgehead atoms. The highest BCUT2D eigenvalue weighted by molar-refractivity contribution is 9.10. The van der Waals surface area contributed by atoms with Gasteiger partial charge in [0.1, 0.15) is 30.8 Å². The van der Waals surface area contributed by atoms with Gasteiger partial charge in [-0.2, -0.15) is 0 Å². The maximum atomic E-state index is 5.82. The summed E-state index contributed by atoms with van der Waals surface area (Å²) in [5.41, 5.74) is 0.981. The van der Waals surface area contributed by atoms with Crippen LogP contribution in [0.5, 0.6) is 11.5 Å². The largest absolute Gasteiger partial charge is 1.00 e. The van der Waals surface area contributed by atoms with Gasteiger partial charge in [-0.15, -0.1) is 0 Å². The number of hydrogen-bond donors (Lipinski definition) is 1. The number of ether oxygens (including phenoxy) is 2. The second kappa shape index (κ2) is 10.4. The van der Waals surface area contributed by atoms with E-state index < -0.39 is 0 Å². The summed E-state index contributed by atoms with van der Waals surface area (Å²) in [7, 11) is 0. The Labute approximate surface area is 163 Å². The third-order valence-corrected chi connectivity index (χ3v) is 4.48. The van der Waals surface area contributed by atoms with Crippen molar-refractivity contribution in [1.82, 2.24) is 0 Å². The van der Waals surface area contributed by atoms with Crippen molar-refractivity contribution < 1.29 is 27.2 Å². The fourth-order valence-corrected chi connectivity index (χ4v) is 2.89. The van der Waals surface area contributed by atoms with Crippen LogP contribution in [-0.4, -0.2) is 25.8 Å². The topological polar surface area (TPSA) is 35.1 Å². The normalized spacial score (nSPS) is 15.6. The van der Waals surface area contributed by atoms with Gasteiger partial charge in [0.15, 0.2) is 0 Å². The fraction of sp³-hybridized carbons (Fsp3) is 0.300. The Morgan fingerprint density at radius 1 is 1.00 bits per heavy atom. The molecule has 1 atom stereocenters. The van der Waals surface area contributed by atoms with Gasteiger partial charge in [0.2, 0.25) is 0 Å². The Bertz CT molecular complexity index is 701. The zero-order valence-corrected chi connectivity index (χ0v) is 16.2. The van der Waals surface area contributed by atoms with Crippen LogP contribution in [0.3, 0.4) is 0 Å². The third kappa shape index (κ3) is 6.62. The Balaban J connectivity index is 0.00000225. The molecule has 132 valence electrons. The molecule has 0 unspecified atom stereocenters. The summed E-state index contributed by atoms with van der Waals surface area (Å²) < 4.78 is 12.5. The molecular weight excluding hydrogens is 402 g/mol. The lowest BCUT2D eigenvalue weighted by atomic mass is 10.2. The van der Waals surface area contributed by atoms with Gasteiger partial charge in [-0.3, -0.25) is 0 Å². The summed E-state index contributed by atoms with van der Waals surface area (Å²) in [6.07, 6.45) is 2.54. The minimum Gasteiger partial charge on any atom is -1.00 e. The first kappa shape index (κ1) is 19.7. The molecule has 1 aliphatic heterocycles. The van der Waals surface area contributed by atoms with E-state index in [2.05, 4.69) is 33.1 Å². The van der Waals surface area contributed by atoms with E-state index in [1.54, 1.807) is 0 Å². The fourth-order valence-electron chi connectivity index (χ4n) is 2.63. The van der Waals surface area contributed by atoms with Crippen LogP contribution in [0.4, 0.5) is 0 Å². The highest BCUT2D eigenvalue weighted by Crippen LogP contribution is 2.18. The molecule has 0 amide bonds. The van der Waals surface area contributed by atoms with Gasteiger partial charge in [-0.05, 0) is 48.5 Å². The smallest absolute Gasteiger partial charge is 0.149 e. The van der Waals surface area contributed by atoms with Crippen LogP contribution in [0.1, 0.15) is 18.4 Å². The summed E-state index contributed by atoms with van der Waals surface area (Å²) >= 11 is 3.41. The predicted molar refractivity (Wildman–Crippen MR) is 98.3 cm³/mol. The second-order valence-corrected chi connectivity index (χ2v) is 6.72. The molecule has 1 saturated heterocycles. The molecule has 2 aromatic rings. The van der Waals surface area contributed by atoms with Crippen LogP contribution >= 0.6 is 15.9 Å². The van der Waals surface area contributed by atoms with Crippen molar-refractivity contribution >= 4 is 15.9 Å². The van der Waals surface area contributed by atoms with Crippen molar-refractivity contribution in [3.63, 3.8) is 0 Å². The van der Waals surface area contributed by atoms with Crippen molar-refractivity contribution in [2.75, 3.05) is 19.8 Å². The van der Waals surface area contributed by atoms with Crippen molar-refractivity contribution in [3.8, 4) is 23.3 Å². The molecule has 2 aromatic carbocycles. The van der Waals surface area contributed by atoms with E-state index in [1.165, 1.54) is 19.4 Å². The van der Waals surface area contributed by atoms with Crippen LogP contribution in [-0.2, 0) is 0 Å². The molecule has 0 spiro atoms. The van der Waals surface area contributed by atoms with Gasteiger partial charge in [-0.1, -0.05) is 27.8 Å². The number of nitrogens with two attached hydrogens (primary N) is 1. The molecule has 5 heteroatoms. The standard InChI is InChI=1S/C20H20BrNO2.ClH/c21-17-7-5-16(6-8-17)3-2-14-23-19-9-11-20(12-10-19)24-15-18-4-1-13-22-18;/h5-12,18,22H,1,4,13-15H2;1H/t18-;/m1./s1.